The lowest BCUT2D eigenvalue weighted by atomic mass is 10.3. The van der Waals surface area contributed by atoms with E-state index in [4.69, 9.17) is 23.2 Å². The van der Waals surface area contributed by atoms with Gasteiger partial charge in [-0.15, -0.1) is 11.6 Å². The first-order valence-corrected chi connectivity index (χ1v) is 6.45. The lowest BCUT2D eigenvalue weighted by Crippen LogP contribution is -2.14. The Kier molecular flexibility index (Phi) is 4.20. The number of imidazole rings is 1. The molecule has 0 fully saturated rings. The molecule has 104 valence electrons. The van der Waals surface area contributed by atoms with Gasteiger partial charge in [0.05, 0.1) is 11.4 Å². The van der Waals surface area contributed by atoms with Crippen LogP contribution in [0.25, 0.3) is 11.2 Å². The summed E-state index contributed by atoms with van der Waals surface area (Å²) in [5.74, 6) is 0.771. The van der Waals surface area contributed by atoms with E-state index in [1.165, 1.54) is 10.8 Å². The highest BCUT2D eigenvalue weighted by Gasteiger charge is 2.27. The van der Waals surface area contributed by atoms with Crippen LogP contribution in [-0.4, -0.2) is 26.6 Å². The van der Waals surface area contributed by atoms with Crippen LogP contribution in [0.3, 0.4) is 0 Å². The molecule has 3 nitrogen and oxygen atoms in total. The third kappa shape index (κ3) is 3.51. The van der Waals surface area contributed by atoms with Crippen molar-refractivity contribution in [1.29, 1.82) is 0 Å². The van der Waals surface area contributed by atoms with Gasteiger partial charge in [0.15, 0.2) is 5.65 Å². The maximum absolute atomic E-state index is 12.3. The van der Waals surface area contributed by atoms with Crippen molar-refractivity contribution < 1.29 is 13.2 Å². The van der Waals surface area contributed by atoms with Gasteiger partial charge in [-0.2, -0.15) is 13.2 Å². The monoisotopic (exact) mass is 311 g/mol. The molecule has 0 bridgehead atoms. The maximum Gasteiger partial charge on any atom is 0.390 e. The van der Waals surface area contributed by atoms with Crippen LogP contribution in [0.1, 0.15) is 12.2 Å². The molecule has 0 saturated carbocycles. The van der Waals surface area contributed by atoms with Crippen LogP contribution < -0.4 is 0 Å². The van der Waals surface area contributed by atoms with Gasteiger partial charge in [0.1, 0.15) is 11.3 Å². The predicted molar refractivity (Wildman–Crippen MR) is 67.6 cm³/mol. The smallest absolute Gasteiger partial charge is 0.312 e. The van der Waals surface area contributed by atoms with Crippen LogP contribution in [0.2, 0.25) is 5.02 Å². The standard InChI is InChI=1S/C11H10Cl2F3N3/c12-3-1-9-18-8-5-7(13)6-17-10(8)19(9)4-2-11(14,15)16/h5-6H,1-4H2. The first-order valence-electron chi connectivity index (χ1n) is 5.54. The van der Waals surface area contributed by atoms with Crippen LogP contribution in [0.15, 0.2) is 12.3 Å². The Hall–Kier alpha value is -1.01. The van der Waals surface area contributed by atoms with Gasteiger partial charge in [0.25, 0.3) is 0 Å². The van der Waals surface area contributed by atoms with E-state index in [1.807, 2.05) is 0 Å². The summed E-state index contributed by atoms with van der Waals surface area (Å²) < 4.78 is 38.4. The molecule has 0 unspecified atom stereocenters. The number of alkyl halides is 4. The largest absolute Gasteiger partial charge is 0.390 e. The van der Waals surface area contributed by atoms with Crippen LogP contribution in [0, 0.1) is 0 Å². The SMILES string of the molecule is FC(F)(F)CCn1c(CCCl)nc2cc(Cl)cnc21. The van der Waals surface area contributed by atoms with Gasteiger partial charge in [-0.3, -0.25) is 0 Å². The van der Waals surface area contributed by atoms with Gasteiger partial charge >= 0.3 is 6.18 Å². The number of nitrogens with zero attached hydrogens (tertiary/aromatic N) is 3. The highest BCUT2D eigenvalue weighted by atomic mass is 35.5. The minimum absolute atomic E-state index is 0.221. The van der Waals surface area contributed by atoms with Gasteiger partial charge in [-0.05, 0) is 6.07 Å². The average molecular weight is 312 g/mol. The van der Waals surface area contributed by atoms with Crippen LogP contribution in [0.5, 0.6) is 0 Å². The second-order valence-corrected chi connectivity index (χ2v) is 4.79. The Labute approximate surface area is 117 Å². The lowest BCUT2D eigenvalue weighted by molar-refractivity contribution is -0.136. The fourth-order valence-corrected chi connectivity index (χ4v) is 2.10. The number of rotatable bonds is 4. The molecule has 0 N–H and O–H groups in total. The fraction of sp³-hybridized carbons (Fsp3) is 0.455. The Morgan fingerprint density at radius 1 is 1.32 bits per heavy atom. The Bertz CT molecular complexity index is 580. The molecule has 0 amide bonds. The van der Waals surface area contributed by atoms with Gasteiger partial charge in [0.2, 0.25) is 0 Å². The predicted octanol–water partition coefficient (Wildman–Crippen LogP) is 3.82. The Balaban J connectivity index is 2.40. The summed E-state index contributed by atoms with van der Waals surface area (Å²) in [6.07, 6.45) is -3.38. The molecule has 0 aromatic carbocycles. The molecule has 2 aromatic rings. The fourth-order valence-electron chi connectivity index (χ4n) is 1.78. The van der Waals surface area contributed by atoms with Gasteiger partial charge in [-0.1, -0.05) is 11.6 Å². The Morgan fingerprint density at radius 2 is 2.05 bits per heavy atom. The molecule has 0 aliphatic carbocycles. The number of pyridine rings is 1. The summed E-state index contributed by atoms with van der Waals surface area (Å²) in [4.78, 5) is 8.27. The van der Waals surface area contributed by atoms with Crippen molar-refractivity contribution in [3.8, 4) is 0 Å². The summed E-state index contributed by atoms with van der Waals surface area (Å²) >= 11 is 11.4. The van der Waals surface area contributed by atoms with Crippen molar-refractivity contribution in [2.24, 2.45) is 0 Å². The number of aromatic nitrogens is 3. The summed E-state index contributed by atoms with van der Waals surface area (Å²) in [5, 5.41) is 0.394. The average Bonchev–Trinajstić information content (AvgIpc) is 2.62. The van der Waals surface area contributed by atoms with Crippen LogP contribution in [0.4, 0.5) is 13.2 Å². The lowest BCUT2D eigenvalue weighted by Gasteiger charge is -2.10. The normalized spacial score (nSPS) is 12.3. The number of hydrogen-bond donors (Lipinski definition) is 0. The molecule has 0 spiro atoms. The molecule has 8 heteroatoms. The third-order valence-corrected chi connectivity index (χ3v) is 2.96. The number of hydrogen-bond acceptors (Lipinski definition) is 2. The maximum atomic E-state index is 12.3. The van der Waals surface area contributed by atoms with E-state index in [-0.39, 0.29) is 12.4 Å². The minimum Gasteiger partial charge on any atom is -0.312 e. The molecule has 0 aliphatic heterocycles. The molecule has 0 radical (unpaired) electrons. The molecule has 19 heavy (non-hydrogen) atoms. The van der Waals surface area contributed by atoms with Crippen LogP contribution in [-0.2, 0) is 13.0 Å². The molecular formula is C11H10Cl2F3N3. The zero-order valence-electron chi connectivity index (χ0n) is 9.71. The van der Waals surface area contributed by atoms with E-state index >= 15 is 0 Å². The van der Waals surface area contributed by atoms with Crippen molar-refractivity contribution in [3.05, 3.63) is 23.1 Å². The molecule has 0 aliphatic rings. The molecule has 2 rings (SSSR count). The second-order valence-electron chi connectivity index (χ2n) is 3.98. The highest BCUT2D eigenvalue weighted by Crippen LogP contribution is 2.24. The van der Waals surface area contributed by atoms with Crippen molar-refractivity contribution in [2.75, 3.05) is 5.88 Å². The minimum atomic E-state index is -4.22. The summed E-state index contributed by atoms with van der Waals surface area (Å²) in [7, 11) is 0. The van der Waals surface area contributed by atoms with Crippen molar-refractivity contribution in [3.63, 3.8) is 0 Å². The number of aryl methyl sites for hydroxylation is 2. The van der Waals surface area contributed by atoms with E-state index in [2.05, 4.69) is 9.97 Å². The first-order chi connectivity index (χ1) is 8.90. The third-order valence-electron chi connectivity index (χ3n) is 2.57. The highest BCUT2D eigenvalue weighted by molar-refractivity contribution is 6.31. The van der Waals surface area contributed by atoms with E-state index in [1.54, 1.807) is 6.07 Å². The topological polar surface area (TPSA) is 30.7 Å². The van der Waals surface area contributed by atoms with Crippen molar-refractivity contribution >= 4 is 34.4 Å². The molecule has 2 heterocycles. The summed E-state index contributed by atoms with van der Waals surface area (Å²) in [6.45, 7) is -0.221. The summed E-state index contributed by atoms with van der Waals surface area (Å²) in [5.41, 5.74) is 0.878. The van der Waals surface area contributed by atoms with E-state index in [9.17, 15) is 13.2 Å². The van der Waals surface area contributed by atoms with Crippen molar-refractivity contribution in [1.82, 2.24) is 14.5 Å². The van der Waals surface area contributed by atoms with E-state index < -0.39 is 12.6 Å². The number of halogens is 5. The van der Waals surface area contributed by atoms with Gasteiger partial charge < -0.3 is 4.57 Å². The number of fused-ring (bicyclic) bond motifs is 1. The second kappa shape index (κ2) is 5.54. The Morgan fingerprint density at radius 3 is 2.68 bits per heavy atom. The van der Waals surface area contributed by atoms with E-state index in [0.717, 1.165) is 0 Å². The van der Waals surface area contributed by atoms with Crippen LogP contribution >= 0.6 is 23.2 Å². The zero-order chi connectivity index (χ0) is 14.0. The first kappa shape index (κ1) is 14.4. The molecule has 2 aromatic heterocycles. The molecule has 0 saturated heterocycles. The molecular weight excluding hydrogens is 302 g/mol. The van der Waals surface area contributed by atoms with Gasteiger partial charge in [-0.25, -0.2) is 9.97 Å². The van der Waals surface area contributed by atoms with Crippen molar-refractivity contribution in [2.45, 2.75) is 25.6 Å². The van der Waals surface area contributed by atoms with Gasteiger partial charge in [0, 0.05) is 25.0 Å². The quantitative estimate of drug-likeness (QED) is 0.804. The summed E-state index contributed by atoms with van der Waals surface area (Å²) in [6, 6.07) is 1.58. The molecule has 0 atom stereocenters. The van der Waals surface area contributed by atoms with E-state index in [0.29, 0.717) is 28.4 Å². The zero-order valence-corrected chi connectivity index (χ0v) is 11.2.